The monoisotopic (exact) mass is 433 g/mol. The van der Waals surface area contributed by atoms with Gasteiger partial charge in [-0.05, 0) is 40.7 Å². The van der Waals surface area contributed by atoms with E-state index in [1.807, 2.05) is 56.4 Å². The molecule has 2 unspecified atom stereocenters. The van der Waals surface area contributed by atoms with Crippen LogP contribution in [0, 0.1) is 0 Å². The first-order valence-corrected chi connectivity index (χ1v) is 10.7. The van der Waals surface area contributed by atoms with Gasteiger partial charge in [-0.25, -0.2) is 9.59 Å². The predicted octanol–water partition coefficient (Wildman–Crippen LogP) is 4.56. The number of aromatic nitrogens is 2. The number of nitrogens with zero attached hydrogens (tertiary/aromatic N) is 2. The third-order valence-corrected chi connectivity index (χ3v) is 6.07. The van der Waals surface area contributed by atoms with E-state index in [-0.39, 0.29) is 18.4 Å². The minimum Gasteiger partial charge on any atom is -0.480 e. The number of hydrogen-bond acceptors (Lipinski definition) is 4. The van der Waals surface area contributed by atoms with Crippen LogP contribution in [0.5, 0.6) is 0 Å². The fourth-order valence-corrected chi connectivity index (χ4v) is 4.18. The maximum atomic E-state index is 12.6. The lowest BCUT2D eigenvalue weighted by Gasteiger charge is -2.22. The molecule has 2 atom stereocenters. The zero-order chi connectivity index (χ0) is 22.8. The summed E-state index contributed by atoms with van der Waals surface area (Å²) >= 11 is 0. The highest BCUT2D eigenvalue weighted by Gasteiger charge is 2.32. The number of alkyl carbamates (subject to hydrolysis) is 1. The summed E-state index contributed by atoms with van der Waals surface area (Å²) in [7, 11) is 0. The third-order valence-electron chi connectivity index (χ3n) is 6.07. The van der Waals surface area contributed by atoms with Gasteiger partial charge in [-0.2, -0.15) is 5.10 Å². The van der Waals surface area contributed by atoms with Crippen molar-refractivity contribution in [2.75, 3.05) is 6.61 Å². The van der Waals surface area contributed by atoms with Crippen LogP contribution in [-0.2, 0) is 9.53 Å². The second kappa shape index (κ2) is 8.86. The van der Waals surface area contributed by atoms with Crippen LogP contribution in [0.3, 0.4) is 0 Å². The van der Waals surface area contributed by atoms with Crippen LogP contribution in [0.15, 0.2) is 60.9 Å². The molecular weight excluding hydrogens is 406 g/mol. The Morgan fingerprint density at radius 1 is 1.06 bits per heavy atom. The molecule has 0 spiro atoms. The lowest BCUT2D eigenvalue weighted by Crippen LogP contribution is -2.46. The second-order valence-electron chi connectivity index (χ2n) is 8.43. The Hall–Kier alpha value is -3.61. The molecule has 2 aromatic carbocycles. The number of carbonyl (C=O) groups is 2. The standard InChI is InChI=1S/C25H27N3O4/c1-15(2)17-12-26-28(13-17)16(3)23(24(29)30)27-25(31)32-14-22-20-10-6-4-8-18(20)19-9-5-7-11-21(19)22/h4-13,15-16,22-23H,14H2,1-3H3,(H,27,31)(H,29,30). The van der Waals surface area contributed by atoms with Crippen molar-refractivity contribution in [3.63, 3.8) is 0 Å². The van der Waals surface area contributed by atoms with E-state index in [0.29, 0.717) is 0 Å². The Balaban J connectivity index is 1.45. The topological polar surface area (TPSA) is 93.5 Å². The number of nitrogens with one attached hydrogen (secondary N) is 1. The van der Waals surface area contributed by atoms with Crippen molar-refractivity contribution in [2.45, 2.75) is 44.7 Å². The van der Waals surface area contributed by atoms with Crippen LogP contribution in [-0.4, -0.2) is 39.6 Å². The van der Waals surface area contributed by atoms with Crippen molar-refractivity contribution < 1.29 is 19.4 Å². The van der Waals surface area contributed by atoms with Crippen LogP contribution in [0.4, 0.5) is 4.79 Å². The zero-order valence-electron chi connectivity index (χ0n) is 18.4. The Bertz CT molecular complexity index is 1090. The molecule has 7 nitrogen and oxygen atoms in total. The molecular formula is C25H27N3O4. The van der Waals surface area contributed by atoms with E-state index in [1.54, 1.807) is 17.8 Å². The first-order valence-electron chi connectivity index (χ1n) is 10.7. The molecule has 7 heteroatoms. The number of carboxylic acid groups (broad SMARTS) is 1. The number of rotatable bonds is 7. The molecule has 3 aromatic rings. The van der Waals surface area contributed by atoms with E-state index in [0.717, 1.165) is 27.8 Å². The fourth-order valence-electron chi connectivity index (χ4n) is 4.18. The Morgan fingerprint density at radius 2 is 1.66 bits per heavy atom. The average Bonchev–Trinajstić information content (AvgIpc) is 3.39. The fraction of sp³-hybridized carbons (Fsp3) is 0.320. The molecule has 1 heterocycles. The van der Waals surface area contributed by atoms with Crippen molar-refractivity contribution in [3.8, 4) is 11.1 Å². The molecule has 0 saturated heterocycles. The molecule has 4 rings (SSSR count). The van der Waals surface area contributed by atoms with Gasteiger partial charge in [0.2, 0.25) is 0 Å². The minimum atomic E-state index is -1.18. The smallest absolute Gasteiger partial charge is 0.407 e. The molecule has 2 N–H and O–H groups in total. The molecule has 0 radical (unpaired) electrons. The normalized spacial score (nSPS) is 14.5. The number of carboxylic acids is 1. The highest BCUT2D eigenvalue weighted by molar-refractivity contribution is 5.81. The maximum Gasteiger partial charge on any atom is 0.407 e. The molecule has 1 aliphatic carbocycles. The van der Waals surface area contributed by atoms with Gasteiger partial charge in [0, 0.05) is 12.1 Å². The van der Waals surface area contributed by atoms with Crippen LogP contribution in [0.25, 0.3) is 11.1 Å². The first kappa shape index (κ1) is 21.6. The molecule has 166 valence electrons. The number of aliphatic carboxylic acids is 1. The summed E-state index contributed by atoms with van der Waals surface area (Å²) < 4.78 is 7.07. The summed E-state index contributed by atoms with van der Waals surface area (Å²) in [6, 6.07) is 14.4. The Morgan fingerprint density at radius 3 is 2.19 bits per heavy atom. The van der Waals surface area contributed by atoms with Crippen molar-refractivity contribution in [1.82, 2.24) is 15.1 Å². The molecule has 1 aromatic heterocycles. The van der Waals surface area contributed by atoms with Gasteiger partial charge in [-0.3, -0.25) is 4.68 Å². The molecule has 0 saturated carbocycles. The molecule has 0 fully saturated rings. The van der Waals surface area contributed by atoms with Crippen LogP contribution in [0.2, 0.25) is 0 Å². The minimum absolute atomic E-state index is 0.0893. The van der Waals surface area contributed by atoms with E-state index in [4.69, 9.17) is 4.74 Å². The highest BCUT2D eigenvalue weighted by atomic mass is 16.5. The van der Waals surface area contributed by atoms with Gasteiger partial charge in [0.25, 0.3) is 0 Å². The summed E-state index contributed by atoms with van der Waals surface area (Å²) in [4.78, 5) is 24.4. The van der Waals surface area contributed by atoms with Crippen LogP contribution < -0.4 is 5.32 Å². The summed E-state index contributed by atoms with van der Waals surface area (Å²) in [6.45, 7) is 5.91. The van der Waals surface area contributed by atoms with Crippen molar-refractivity contribution in [2.24, 2.45) is 0 Å². The Labute approximate surface area is 187 Å². The van der Waals surface area contributed by atoms with Crippen LogP contribution >= 0.6 is 0 Å². The van der Waals surface area contributed by atoms with Gasteiger partial charge in [-0.1, -0.05) is 62.4 Å². The van der Waals surface area contributed by atoms with Gasteiger partial charge in [0.05, 0.1) is 12.2 Å². The quantitative estimate of drug-likeness (QED) is 0.570. The number of carbonyl (C=O) groups excluding carboxylic acids is 1. The average molecular weight is 434 g/mol. The van der Waals surface area contributed by atoms with Gasteiger partial charge >= 0.3 is 12.1 Å². The SMILES string of the molecule is CC(C)c1cnn(C(C)C(NC(=O)OCC2c3ccccc3-c3ccccc32)C(=O)O)c1. The molecule has 0 bridgehead atoms. The first-order chi connectivity index (χ1) is 15.4. The molecule has 32 heavy (non-hydrogen) atoms. The van der Waals surface area contributed by atoms with Crippen LogP contribution in [0.1, 0.15) is 55.3 Å². The maximum absolute atomic E-state index is 12.6. The predicted molar refractivity (Wildman–Crippen MR) is 121 cm³/mol. The number of fused-ring (bicyclic) bond motifs is 3. The van der Waals surface area contributed by atoms with E-state index in [2.05, 4.69) is 22.5 Å². The van der Waals surface area contributed by atoms with E-state index < -0.39 is 24.1 Å². The van der Waals surface area contributed by atoms with Crippen molar-refractivity contribution >= 4 is 12.1 Å². The number of benzene rings is 2. The van der Waals surface area contributed by atoms with Crippen molar-refractivity contribution in [3.05, 3.63) is 77.6 Å². The Kier molecular flexibility index (Phi) is 5.99. The molecule has 1 amide bonds. The van der Waals surface area contributed by atoms with Gasteiger partial charge < -0.3 is 15.2 Å². The number of amides is 1. The number of hydrogen-bond donors (Lipinski definition) is 2. The highest BCUT2D eigenvalue weighted by Crippen LogP contribution is 2.44. The second-order valence-corrected chi connectivity index (χ2v) is 8.43. The summed E-state index contributed by atoms with van der Waals surface area (Å²) in [5.41, 5.74) is 5.47. The van der Waals surface area contributed by atoms with E-state index >= 15 is 0 Å². The third kappa shape index (κ3) is 4.10. The summed E-state index contributed by atoms with van der Waals surface area (Å²) in [6.07, 6.45) is 2.76. The molecule has 0 aliphatic heterocycles. The molecule has 1 aliphatic rings. The summed E-state index contributed by atoms with van der Waals surface area (Å²) in [5.74, 6) is -0.963. The zero-order valence-corrected chi connectivity index (χ0v) is 18.4. The van der Waals surface area contributed by atoms with E-state index in [9.17, 15) is 14.7 Å². The van der Waals surface area contributed by atoms with Gasteiger partial charge in [0.15, 0.2) is 6.04 Å². The van der Waals surface area contributed by atoms with Gasteiger partial charge in [0.1, 0.15) is 6.61 Å². The van der Waals surface area contributed by atoms with Crippen molar-refractivity contribution in [1.29, 1.82) is 0 Å². The van der Waals surface area contributed by atoms with E-state index in [1.165, 1.54) is 0 Å². The lowest BCUT2D eigenvalue weighted by atomic mass is 9.98. The number of ether oxygens (including phenoxy) is 1. The largest absolute Gasteiger partial charge is 0.480 e. The van der Waals surface area contributed by atoms with Gasteiger partial charge in [-0.15, -0.1) is 0 Å². The summed E-state index contributed by atoms with van der Waals surface area (Å²) in [5, 5.41) is 16.5. The lowest BCUT2D eigenvalue weighted by molar-refractivity contribution is -0.140.